The Morgan fingerprint density at radius 2 is 1.79 bits per heavy atom. The highest BCUT2D eigenvalue weighted by Crippen LogP contribution is 2.29. The largest absolute Gasteiger partial charge is 0.324 e. The molecule has 4 nitrogen and oxygen atoms in total. The molecular weight excluding hydrogens is 342 g/mol. The van der Waals surface area contributed by atoms with Gasteiger partial charge < -0.3 is 4.57 Å². The number of amides is 1. The number of fused-ring (bicyclic) bond motifs is 1. The predicted molar refractivity (Wildman–Crippen MR) is 99.7 cm³/mol. The van der Waals surface area contributed by atoms with Crippen LogP contribution in [0.15, 0.2) is 48.8 Å². The standard InChI is InChI=1S/C18H17N3OS.ClH/c22-17(20-18-19-15-5-1-2-6-16(15)23-18)13-7-9-14(10-8-13)21-11-3-4-12-21;/h3-4,7-12H,1-2,5-6H2,(H,19,20,22);1H. The van der Waals surface area contributed by atoms with Crippen molar-refractivity contribution in [2.75, 3.05) is 5.32 Å². The molecule has 2 heterocycles. The molecule has 0 fully saturated rings. The summed E-state index contributed by atoms with van der Waals surface area (Å²) in [5.74, 6) is -0.102. The summed E-state index contributed by atoms with van der Waals surface area (Å²) in [7, 11) is 0. The van der Waals surface area contributed by atoms with Crippen molar-refractivity contribution in [1.29, 1.82) is 0 Å². The van der Waals surface area contributed by atoms with Crippen molar-refractivity contribution >= 4 is 34.8 Å². The van der Waals surface area contributed by atoms with Gasteiger partial charge in [0.15, 0.2) is 5.13 Å². The Bertz CT molecular complexity index is 801. The lowest BCUT2D eigenvalue weighted by Crippen LogP contribution is -2.11. The zero-order valence-electron chi connectivity index (χ0n) is 13.1. The van der Waals surface area contributed by atoms with E-state index in [1.807, 2.05) is 53.4 Å². The molecule has 0 aliphatic heterocycles. The smallest absolute Gasteiger partial charge is 0.257 e. The van der Waals surface area contributed by atoms with E-state index >= 15 is 0 Å². The van der Waals surface area contributed by atoms with Crippen molar-refractivity contribution in [2.24, 2.45) is 0 Å². The molecule has 0 saturated heterocycles. The van der Waals surface area contributed by atoms with E-state index in [-0.39, 0.29) is 18.3 Å². The van der Waals surface area contributed by atoms with E-state index in [1.54, 1.807) is 11.3 Å². The van der Waals surface area contributed by atoms with Crippen LogP contribution in [0.25, 0.3) is 5.69 Å². The van der Waals surface area contributed by atoms with Crippen LogP contribution < -0.4 is 5.32 Å². The van der Waals surface area contributed by atoms with Gasteiger partial charge in [-0.25, -0.2) is 4.98 Å². The van der Waals surface area contributed by atoms with Crippen LogP contribution in [-0.2, 0) is 12.8 Å². The lowest BCUT2D eigenvalue weighted by molar-refractivity contribution is 0.102. The van der Waals surface area contributed by atoms with Gasteiger partial charge in [0.1, 0.15) is 0 Å². The second-order valence-electron chi connectivity index (χ2n) is 5.69. The normalized spacial score (nSPS) is 13.0. The molecule has 24 heavy (non-hydrogen) atoms. The van der Waals surface area contributed by atoms with Crippen molar-refractivity contribution < 1.29 is 4.79 Å². The van der Waals surface area contributed by atoms with E-state index in [4.69, 9.17) is 0 Å². The maximum absolute atomic E-state index is 12.4. The van der Waals surface area contributed by atoms with Gasteiger partial charge in [-0.3, -0.25) is 10.1 Å². The van der Waals surface area contributed by atoms with E-state index in [0.29, 0.717) is 5.56 Å². The quantitative estimate of drug-likeness (QED) is 0.749. The van der Waals surface area contributed by atoms with Crippen LogP contribution in [0.3, 0.4) is 0 Å². The van der Waals surface area contributed by atoms with Crippen molar-refractivity contribution in [3.8, 4) is 5.69 Å². The zero-order valence-corrected chi connectivity index (χ0v) is 14.7. The molecule has 0 spiro atoms. The van der Waals surface area contributed by atoms with Crippen LogP contribution in [0.1, 0.15) is 33.8 Å². The van der Waals surface area contributed by atoms with Gasteiger partial charge in [0, 0.05) is 28.5 Å². The summed E-state index contributed by atoms with van der Waals surface area (Å²) in [5.41, 5.74) is 2.85. The topological polar surface area (TPSA) is 46.9 Å². The molecule has 3 aromatic rings. The number of nitrogens with zero attached hydrogens (tertiary/aromatic N) is 2. The van der Waals surface area contributed by atoms with Crippen molar-refractivity contribution in [3.05, 3.63) is 64.9 Å². The Morgan fingerprint density at radius 3 is 2.50 bits per heavy atom. The second kappa shape index (κ2) is 7.20. The first-order chi connectivity index (χ1) is 11.3. The molecular formula is C18H18ClN3OS. The average molecular weight is 360 g/mol. The number of hydrogen-bond donors (Lipinski definition) is 1. The number of aromatic nitrogens is 2. The highest BCUT2D eigenvalue weighted by atomic mass is 35.5. The van der Waals surface area contributed by atoms with E-state index in [1.165, 1.54) is 23.4 Å². The van der Waals surface area contributed by atoms with Crippen LogP contribution in [0.5, 0.6) is 0 Å². The first-order valence-corrected chi connectivity index (χ1v) is 8.64. The van der Waals surface area contributed by atoms with E-state index in [9.17, 15) is 4.79 Å². The van der Waals surface area contributed by atoms with Gasteiger partial charge in [-0.05, 0) is 62.1 Å². The zero-order chi connectivity index (χ0) is 15.6. The van der Waals surface area contributed by atoms with Gasteiger partial charge in [-0.2, -0.15) is 0 Å². The minimum Gasteiger partial charge on any atom is -0.324 e. The van der Waals surface area contributed by atoms with Gasteiger partial charge in [-0.15, -0.1) is 23.7 Å². The first-order valence-electron chi connectivity index (χ1n) is 7.83. The van der Waals surface area contributed by atoms with Gasteiger partial charge in [-0.1, -0.05) is 0 Å². The maximum atomic E-state index is 12.4. The third-order valence-electron chi connectivity index (χ3n) is 4.10. The van der Waals surface area contributed by atoms with Crippen molar-refractivity contribution in [2.45, 2.75) is 25.7 Å². The fraction of sp³-hybridized carbons (Fsp3) is 0.222. The molecule has 0 atom stereocenters. The number of carbonyl (C=O) groups excluding carboxylic acids is 1. The fourth-order valence-electron chi connectivity index (χ4n) is 2.87. The Labute approximate surface area is 151 Å². The molecule has 1 aliphatic carbocycles. The van der Waals surface area contributed by atoms with Gasteiger partial charge in [0.25, 0.3) is 5.91 Å². The summed E-state index contributed by atoms with van der Waals surface area (Å²) in [6, 6.07) is 11.5. The van der Waals surface area contributed by atoms with Crippen LogP contribution in [0, 0.1) is 0 Å². The van der Waals surface area contributed by atoms with Crippen LogP contribution in [0.4, 0.5) is 5.13 Å². The summed E-state index contributed by atoms with van der Waals surface area (Å²) >= 11 is 1.61. The average Bonchev–Trinajstić information content (AvgIpc) is 3.24. The number of anilines is 1. The molecule has 6 heteroatoms. The van der Waals surface area contributed by atoms with Gasteiger partial charge in [0.05, 0.1) is 5.69 Å². The van der Waals surface area contributed by atoms with E-state index in [2.05, 4.69) is 10.3 Å². The van der Waals surface area contributed by atoms with E-state index in [0.717, 1.165) is 23.7 Å². The maximum Gasteiger partial charge on any atom is 0.257 e. The number of hydrogen-bond acceptors (Lipinski definition) is 3. The van der Waals surface area contributed by atoms with Crippen molar-refractivity contribution in [3.63, 3.8) is 0 Å². The number of halogens is 1. The third-order valence-corrected chi connectivity index (χ3v) is 5.17. The third kappa shape index (κ3) is 3.37. The Kier molecular flexibility index (Phi) is 5.02. The summed E-state index contributed by atoms with van der Waals surface area (Å²) in [4.78, 5) is 18.3. The molecule has 1 aliphatic rings. The van der Waals surface area contributed by atoms with Crippen molar-refractivity contribution in [1.82, 2.24) is 9.55 Å². The monoisotopic (exact) mass is 359 g/mol. The minimum atomic E-state index is -0.102. The number of carbonyl (C=O) groups is 1. The van der Waals surface area contributed by atoms with Gasteiger partial charge >= 0.3 is 0 Å². The number of thiazole rings is 1. The number of benzene rings is 1. The summed E-state index contributed by atoms with van der Waals surface area (Å²) < 4.78 is 2.01. The molecule has 4 rings (SSSR count). The number of nitrogens with one attached hydrogen (secondary N) is 1. The highest BCUT2D eigenvalue weighted by Gasteiger charge is 2.16. The second-order valence-corrected chi connectivity index (χ2v) is 6.77. The molecule has 0 unspecified atom stereocenters. The molecule has 0 bridgehead atoms. The molecule has 1 N–H and O–H groups in total. The fourth-order valence-corrected chi connectivity index (χ4v) is 3.91. The summed E-state index contributed by atoms with van der Waals surface area (Å²) in [5, 5.41) is 3.65. The number of rotatable bonds is 3. The molecule has 1 aromatic carbocycles. The molecule has 2 aromatic heterocycles. The molecule has 1 amide bonds. The van der Waals surface area contributed by atoms with E-state index < -0.39 is 0 Å². The first kappa shape index (κ1) is 16.7. The molecule has 0 saturated carbocycles. The molecule has 0 radical (unpaired) electrons. The SMILES string of the molecule is Cl.O=C(Nc1nc2c(s1)CCCC2)c1ccc(-n2cccc2)cc1. The summed E-state index contributed by atoms with van der Waals surface area (Å²) in [6.07, 6.45) is 8.51. The van der Waals surface area contributed by atoms with Crippen LogP contribution in [0.2, 0.25) is 0 Å². The van der Waals surface area contributed by atoms with Gasteiger partial charge in [0.2, 0.25) is 0 Å². The molecule has 124 valence electrons. The highest BCUT2D eigenvalue weighted by molar-refractivity contribution is 7.15. The lowest BCUT2D eigenvalue weighted by Gasteiger charge is -2.06. The Morgan fingerprint density at radius 1 is 1.08 bits per heavy atom. The van der Waals surface area contributed by atoms with Crippen LogP contribution in [-0.4, -0.2) is 15.5 Å². The lowest BCUT2D eigenvalue weighted by atomic mass is 10.0. The Hall–Kier alpha value is -2.11. The number of aryl methyl sites for hydroxylation is 2. The predicted octanol–water partition coefficient (Wildman–Crippen LogP) is 4.49. The minimum absolute atomic E-state index is 0. The Balaban J connectivity index is 0.00000169. The van der Waals surface area contributed by atoms with Crippen LogP contribution >= 0.6 is 23.7 Å². The summed E-state index contributed by atoms with van der Waals surface area (Å²) in [6.45, 7) is 0.